The van der Waals surface area contributed by atoms with Crippen molar-refractivity contribution in [2.75, 3.05) is 18.0 Å². The monoisotopic (exact) mass is 1200 g/mol. The smallest absolute Gasteiger partial charge is 0.308 e. The summed E-state index contributed by atoms with van der Waals surface area (Å²) in [5, 5.41) is 0.838. The fourth-order valence-electron chi connectivity index (χ4n) is 18.4. The molecule has 2 unspecified atom stereocenters. The van der Waals surface area contributed by atoms with E-state index in [4.69, 9.17) is 54.5 Å². The Balaban J connectivity index is 0.633. The van der Waals surface area contributed by atoms with Crippen molar-refractivity contribution in [1.82, 2.24) is 0 Å². The molecule has 9 heterocycles. The minimum atomic E-state index is -0.878. The van der Waals surface area contributed by atoms with E-state index >= 15 is 0 Å². The molecular formula is C72H96ClN2O11+. The molecule has 2 aromatic carbocycles. The predicted octanol–water partition coefficient (Wildman–Crippen LogP) is 15.6. The van der Waals surface area contributed by atoms with Gasteiger partial charge in [0.15, 0.2) is 29.7 Å². The molecule has 9 fully saturated rings. The quantitative estimate of drug-likeness (QED) is 0.0648. The lowest BCUT2D eigenvalue weighted by atomic mass is 9.57. The van der Waals surface area contributed by atoms with E-state index in [1.807, 2.05) is 13.8 Å². The van der Waals surface area contributed by atoms with E-state index in [2.05, 4.69) is 138 Å². The largest absolute Gasteiger partial charge is 0.435 e. The van der Waals surface area contributed by atoms with Gasteiger partial charge in [0.1, 0.15) is 12.1 Å². The summed E-state index contributed by atoms with van der Waals surface area (Å²) in [6.45, 7) is 23.9. The number of unbranched alkanes of at least 4 members (excludes halogenated alkanes) is 4. The van der Waals surface area contributed by atoms with E-state index < -0.39 is 47.9 Å². The first-order valence-corrected chi connectivity index (χ1v) is 33.8. The minimum absolute atomic E-state index is 0.0272. The van der Waals surface area contributed by atoms with Crippen LogP contribution in [0.2, 0.25) is 0 Å². The van der Waals surface area contributed by atoms with Gasteiger partial charge in [-0.1, -0.05) is 108 Å². The number of para-hydroxylation sites is 2. The molecule has 466 valence electrons. The van der Waals surface area contributed by atoms with E-state index in [-0.39, 0.29) is 52.4 Å². The summed E-state index contributed by atoms with van der Waals surface area (Å²) in [7, 11) is 0. The Morgan fingerprint density at radius 2 is 1.24 bits per heavy atom. The molecule has 16 atom stereocenters. The summed E-state index contributed by atoms with van der Waals surface area (Å²) in [5.41, 5.74) is 8.34. The second-order valence-electron chi connectivity index (χ2n) is 29.3. The Morgan fingerprint density at radius 1 is 0.640 bits per heavy atom. The highest BCUT2D eigenvalue weighted by Crippen LogP contribution is 2.64. The van der Waals surface area contributed by atoms with Crippen LogP contribution in [0, 0.1) is 47.3 Å². The Hall–Kier alpha value is -4.18. The predicted molar refractivity (Wildman–Crippen MR) is 330 cm³/mol. The van der Waals surface area contributed by atoms with Crippen molar-refractivity contribution in [3.63, 3.8) is 0 Å². The van der Waals surface area contributed by atoms with Gasteiger partial charge < -0.3 is 38.1 Å². The van der Waals surface area contributed by atoms with Gasteiger partial charge in [-0.25, -0.2) is 9.78 Å². The Bertz CT molecular complexity index is 3110. The molecule has 13 nitrogen and oxygen atoms in total. The van der Waals surface area contributed by atoms with Gasteiger partial charge >= 0.3 is 11.9 Å². The van der Waals surface area contributed by atoms with Crippen LogP contribution in [0.25, 0.3) is 0 Å². The standard InChI is InChI=1S/C72H96ClN2O11/c1-44-30-34-52-46(3)63(80-65-71(52)50(44)38-40-69(9,82-65)84-71)78-60(76)28-13-11-19-42-74-56-26-17-15-24-54(56)67(5,6)58(74)36-32-48-22-21-23-49(62(48)73)33-37-59-68(7,8)55-25-16-18-27-57(55)75(59)43-20-12-14-29-61(77)79-64-47(4)53-35-31-45(2)51-39-41-70(10)83-66(81-64)72(51,53)86-85-70/h15-18,24-27,32-33,36-37,44-47,50-53,63-66H,11-14,19-23,28-31,34-35,38-43H2,1-10H3/q+1/t44-,45-,46-,47-,50+,51+,52+,53+,63?,64?,65-,66-,69+,70+,71-,72-/m1/s1. The maximum atomic E-state index is 13.6. The molecule has 14 heteroatoms. The first-order chi connectivity index (χ1) is 41.2. The fourth-order valence-corrected chi connectivity index (χ4v) is 18.7. The third-order valence-electron chi connectivity index (χ3n) is 23.2. The average Bonchev–Trinajstić information content (AvgIpc) is 1.34. The molecule has 4 bridgehead atoms. The van der Waals surface area contributed by atoms with E-state index in [1.54, 1.807) is 0 Å². The third kappa shape index (κ3) is 10.4. The normalized spacial score (nSPS) is 39.8. The molecule has 3 aliphatic carbocycles. The van der Waals surface area contributed by atoms with Crippen molar-refractivity contribution >= 4 is 40.6 Å². The summed E-state index contributed by atoms with van der Waals surface area (Å²) in [4.78, 5) is 41.9. The van der Waals surface area contributed by atoms with Crippen LogP contribution in [0.5, 0.6) is 0 Å². The second-order valence-corrected chi connectivity index (χ2v) is 29.7. The Kier molecular flexibility index (Phi) is 16.4. The van der Waals surface area contributed by atoms with Gasteiger partial charge in [0.2, 0.25) is 24.1 Å². The molecule has 2 aromatic rings. The number of esters is 2. The highest BCUT2D eigenvalue weighted by atomic mass is 35.5. The first kappa shape index (κ1) is 60.7. The zero-order valence-corrected chi connectivity index (χ0v) is 53.7. The maximum absolute atomic E-state index is 13.6. The van der Waals surface area contributed by atoms with Crippen LogP contribution in [0.3, 0.4) is 0 Å². The van der Waals surface area contributed by atoms with E-state index in [0.717, 1.165) is 138 Å². The van der Waals surface area contributed by atoms with Crippen LogP contribution in [0.15, 0.2) is 94.7 Å². The molecular weight excluding hydrogens is 1100 g/mol. The number of anilines is 1. The van der Waals surface area contributed by atoms with Crippen LogP contribution in [-0.4, -0.2) is 83.3 Å². The van der Waals surface area contributed by atoms with Crippen molar-refractivity contribution in [2.24, 2.45) is 47.3 Å². The number of allylic oxidation sites excluding steroid dienone is 8. The van der Waals surface area contributed by atoms with Crippen LogP contribution in [0.4, 0.5) is 11.4 Å². The van der Waals surface area contributed by atoms with Crippen molar-refractivity contribution < 1.29 is 57.1 Å². The molecule has 0 radical (unpaired) electrons. The number of nitrogens with zero attached hydrogens (tertiary/aromatic N) is 2. The number of hydrogen-bond acceptors (Lipinski definition) is 12. The topological polar surface area (TPSA) is 123 Å². The summed E-state index contributed by atoms with van der Waals surface area (Å²) in [6.07, 6.45) is 23.2. The van der Waals surface area contributed by atoms with Gasteiger partial charge in [-0.3, -0.25) is 9.59 Å². The van der Waals surface area contributed by atoms with Gasteiger partial charge in [-0.2, -0.15) is 4.58 Å². The molecule has 14 rings (SSSR count). The van der Waals surface area contributed by atoms with Crippen LogP contribution < -0.4 is 4.90 Å². The summed E-state index contributed by atoms with van der Waals surface area (Å²) >= 11 is 7.48. The van der Waals surface area contributed by atoms with Crippen LogP contribution in [-0.2, 0) is 63.4 Å². The fraction of sp³-hybridized carbons (Fsp3) is 0.681. The van der Waals surface area contributed by atoms with Crippen molar-refractivity contribution in [2.45, 2.75) is 250 Å². The number of halogens is 1. The Labute approximate surface area is 516 Å². The molecule has 7 saturated heterocycles. The molecule has 0 amide bonds. The van der Waals surface area contributed by atoms with Gasteiger partial charge in [0, 0.05) is 102 Å². The van der Waals surface area contributed by atoms with Crippen molar-refractivity contribution in [3.8, 4) is 0 Å². The van der Waals surface area contributed by atoms with E-state index in [9.17, 15) is 9.59 Å². The van der Waals surface area contributed by atoms with Gasteiger partial charge in [0.05, 0.1) is 5.41 Å². The number of benzene rings is 2. The highest BCUT2D eigenvalue weighted by Gasteiger charge is 2.73. The lowest BCUT2D eigenvalue weighted by Crippen LogP contribution is -2.70. The van der Waals surface area contributed by atoms with Gasteiger partial charge in [-0.15, -0.1) is 0 Å². The van der Waals surface area contributed by atoms with E-state index in [1.165, 1.54) is 33.9 Å². The van der Waals surface area contributed by atoms with Gasteiger partial charge in [0.25, 0.3) is 0 Å². The third-order valence-corrected chi connectivity index (χ3v) is 23.7. The number of fused-ring (bicyclic) bond motifs is 5. The summed E-state index contributed by atoms with van der Waals surface area (Å²) in [6, 6.07) is 17.6. The molecule has 0 N–H and O–H groups in total. The SMILES string of the molecule is C[C@@H]1CC[C@H]2[C@@H](C)C(OC(=O)CCCCCN3C(=CC=C4CCCC(C=CC5=[N+](CCCCCC(=O)OC6O[C@@H]7O[C@]8(C)CC[C@H]9[C@H](C)CC[C@@H]([C@H]6C)[C@@]79O8)c6ccccc6C5(C)C)=C4Cl)C(C)(C)c4ccccc43)O[C@@H]3O[C@]4(C)CC[C@@H]1[C@]32OO4. The minimum Gasteiger partial charge on any atom is -0.435 e. The number of ether oxygens (including phenoxy) is 7. The summed E-state index contributed by atoms with van der Waals surface area (Å²) in [5.74, 6) is 0.0208. The highest BCUT2D eigenvalue weighted by molar-refractivity contribution is 6.32. The zero-order chi connectivity index (χ0) is 60.1. The maximum Gasteiger partial charge on any atom is 0.308 e. The van der Waals surface area contributed by atoms with Crippen LogP contribution >= 0.6 is 11.6 Å². The van der Waals surface area contributed by atoms with Crippen LogP contribution in [0.1, 0.15) is 202 Å². The Morgan fingerprint density at radius 3 is 1.95 bits per heavy atom. The molecule has 9 aliphatic heterocycles. The number of carbonyl (C=O) groups excluding carboxylic acids is 2. The zero-order valence-electron chi connectivity index (χ0n) is 53.0. The molecule has 0 aromatic heterocycles. The van der Waals surface area contributed by atoms with Crippen molar-refractivity contribution in [3.05, 3.63) is 106 Å². The average molecular weight is 1200 g/mol. The molecule has 12 aliphatic rings. The second kappa shape index (κ2) is 23.2. The van der Waals surface area contributed by atoms with Crippen molar-refractivity contribution in [1.29, 1.82) is 0 Å². The number of carbonyl (C=O) groups is 2. The number of rotatable bonds is 17. The lowest BCUT2D eigenvalue weighted by molar-refractivity contribution is -0.576. The molecule has 2 saturated carbocycles. The van der Waals surface area contributed by atoms with E-state index in [0.29, 0.717) is 30.6 Å². The summed E-state index contributed by atoms with van der Waals surface area (Å²) < 4.78 is 47.8. The molecule has 2 spiro atoms. The lowest BCUT2D eigenvalue weighted by Gasteiger charge is -2.59. The first-order valence-electron chi connectivity index (χ1n) is 33.4. The number of hydrogen-bond donors (Lipinski definition) is 0. The van der Waals surface area contributed by atoms with Gasteiger partial charge in [-0.05, 0) is 164 Å². The molecule has 86 heavy (non-hydrogen) atoms.